The minimum atomic E-state index is -0.981. The highest BCUT2D eigenvalue weighted by atomic mass is 16.7. The van der Waals surface area contributed by atoms with Crippen LogP contribution < -0.4 is 14.2 Å². The van der Waals surface area contributed by atoms with Gasteiger partial charge in [-0.15, -0.1) is 0 Å². The predicted molar refractivity (Wildman–Crippen MR) is 120 cm³/mol. The summed E-state index contributed by atoms with van der Waals surface area (Å²) < 4.78 is 24.1. The van der Waals surface area contributed by atoms with Crippen LogP contribution >= 0.6 is 0 Å². The summed E-state index contributed by atoms with van der Waals surface area (Å²) in [6.07, 6.45) is 1.64. The van der Waals surface area contributed by atoms with E-state index in [9.17, 15) is 9.90 Å². The summed E-state index contributed by atoms with van der Waals surface area (Å²) in [4.78, 5) is 11.5. The lowest BCUT2D eigenvalue weighted by Crippen LogP contribution is -2.03. The molecule has 7 heteroatoms. The zero-order valence-electron chi connectivity index (χ0n) is 18.6. The van der Waals surface area contributed by atoms with Gasteiger partial charge in [-0.25, -0.2) is 4.79 Å². The largest absolute Gasteiger partial charge is 0.497 e. The molecule has 1 heterocycles. The minimum Gasteiger partial charge on any atom is -0.497 e. The highest BCUT2D eigenvalue weighted by molar-refractivity contribution is 6.04. The van der Waals surface area contributed by atoms with Crippen LogP contribution in [-0.2, 0) is 16.6 Å². The van der Waals surface area contributed by atoms with Crippen LogP contribution in [0.4, 0.5) is 0 Å². The van der Waals surface area contributed by atoms with Crippen molar-refractivity contribution in [3.8, 4) is 28.5 Å². The molecule has 31 heavy (non-hydrogen) atoms. The summed E-state index contributed by atoms with van der Waals surface area (Å²) in [7, 11) is 6.69. The molecule has 0 aliphatic heterocycles. The van der Waals surface area contributed by atoms with E-state index in [0.29, 0.717) is 11.5 Å². The third kappa shape index (κ3) is 4.09. The van der Waals surface area contributed by atoms with Crippen molar-refractivity contribution in [3.05, 3.63) is 47.0 Å². The summed E-state index contributed by atoms with van der Waals surface area (Å²) in [6, 6.07) is 9.58. The van der Waals surface area contributed by atoms with Crippen molar-refractivity contribution in [2.45, 2.75) is 13.8 Å². The second-order valence-electron chi connectivity index (χ2n) is 7.17. The van der Waals surface area contributed by atoms with Crippen molar-refractivity contribution in [3.63, 3.8) is 0 Å². The Kier molecular flexibility index (Phi) is 6.56. The fourth-order valence-electron chi connectivity index (χ4n) is 3.84. The van der Waals surface area contributed by atoms with E-state index in [-0.39, 0.29) is 12.4 Å². The topological polar surface area (TPSA) is 79.2 Å². The Morgan fingerprint density at radius 2 is 1.90 bits per heavy atom. The number of carboxylic acids is 1. The Bertz CT molecular complexity index is 1160. The fraction of sp³-hybridized carbons (Fsp3) is 0.292. The Morgan fingerprint density at radius 3 is 2.52 bits per heavy atom. The minimum absolute atomic E-state index is 0.0532. The number of carbonyl (C=O) groups is 1. The first kappa shape index (κ1) is 22.2. The highest BCUT2D eigenvalue weighted by Crippen LogP contribution is 2.45. The van der Waals surface area contributed by atoms with Gasteiger partial charge in [-0.1, -0.05) is 12.1 Å². The zero-order valence-corrected chi connectivity index (χ0v) is 18.6. The number of aliphatic carboxylic acids is 1. The molecule has 3 rings (SSSR count). The van der Waals surface area contributed by atoms with Crippen molar-refractivity contribution in [1.82, 2.24) is 4.57 Å². The molecule has 0 unspecified atom stereocenters. The number of carboxylic acid groups (broad SMARTS) is 1. The molecule has 0 saturated heterocycles. The maximum Gasteiger partial charge on any atom is 0.331 e. The molecule has 0 amide bonds. The number of aryl methyl sites for hydroxylation is 2. The van der Waals surface area contributed by atoms with Crippen LogP contribution in [0.15, 0.2) is 35.9 Å². The van der Waals surface area contributed by atoms with Gasteiger partial charge < -0.3 is 28.6 Å². The molecular weight excluding hydrogens is 398 g/mol. The molecule has 164 valence electrons. The van der Waals surface area contributed by atoms with E-state index in [1.165, 1.54) is 0 Å². The Hall–Kier alpha value is -3.45. The first-order valence-electron chi connectivity index (χ1n) is 9.71. The molecule has 0 bridgehead atoms. The van der Waals surface area contributed by atoms with Gasteiger partial charge >= 0.3 is 5.97 Å². The van der Waals surface area contributed by atoms with Gasteiger partial charge in [0.2, 0.25) is 0 Å². The predicted octanol–water partition coefficient (Wildman–Crippen LogP) is 4.64. The smallest absolute Gasteiger partial charge is 0.331 e. The second-order valence-corrected chi connectivity index (χ2v) is 7.17. The lowest BCUT2D eigenvalue weighted by molar-refractivity contribution is -0.132. The number of aromatic nitrogens is 1. The summed E-state index contributed by atoms with van der Waals surface area (Å²) in [5.41, 5.74) is 4.68. The average Bonchev–Trinajstić information content (AvgIpc) is 3.03. The van der Waals surface area contributed by atoms with Crippen LogP contribution in [0.5, 0.6) is 17.2 Å². The number of nitrogens with zero attached hydrogens (tertiary/aromatic N) is 1. The molecule has 0 saturated carbocycles. The van der Waals surface area contributed by atoms with E-state index in [4.69, 9.17) is 18.9 Å². The number of ether oxygens (including phenoxy) is 4. The maximum absolute atomic E-state index is 11.5. The number of methoxy groups -OCH3 is 3. The van der Waals surface area contributed by atoms with Crippen LogP contribution in [-0.4, -0.2) is 43.8 Å². The molecule has 0 radical (unpaired) electrons. The fourth-order valence-corrected chi connectivity index (χ4v) is 3.84. The summed E-state index contributed by atoms with van der Waals surface area (Å²) >= 11 is 0. The molecule has 3 aromatic rings. The van der Waals surface area contributed by atoms with Gasteiger partial charge in [0.1, 0.15) is 5.75 Å². The van der Waals surface area contributed by atoms with Gasteiger partial charge in [-0.3, -0.25) is 0 Å². The van der Waals surface area contributed by atoms with Crippen molar-refractivity contribution in [2.24, 2.45) is 7.05 Å². The van der Waals surface area contributed by atoms with E-state index in [1.807, 2.05) is 42.8 Å². The lowest BCUT2D eigenvalue weighted by atomic mass is 10.0. The van der Waals surface area contributed by atoms with Gasteiger partial charge in [-0.05, 0) is 43.7 Å². The first-order chi connectivity index (χ1) is 14.8. The molecule has 1 aromatic heterocycles. The van der Waals surface area contributed by atoms with Crippen LogP contribution in [0.3, 0.4) is 0 Å². The summed E-state index contributed by atoms with van der Waals surface area (Å²) in [5.74, 6) is 0.815. The molecule has 7 nitrogen and oxygen atoms in total. The van der Waals surface area contributed by atoms with Gasteiger partial charge in [0, 0.05) is 36.2 Å². The van der Waals surface area contributed by atoms with Gasteiger partial charge in [-0.2, -0.15) is 0 Å². The van der Waals surface area contributed by atoms with Gasteiger partial charge in [0.25, 0.3) is 0 Å². The third-order valence-corrected chi connectivity index (χ3v) is 5.24. The molecule has 0 fully saturated rings. The van der Waals surface area contributed by atoms with Gasteiger partial charge in [0.05, 0.1) is 25.4 Å². The lowest BCUT2D eigenvalue weighted by Gasteiger charge is -2.14. The summed E-state index contributed by atoms with van der Waals surface area (Å²) in [5, 5.41) is 10.3. The van der Waals surface area contributed by atoms with Crippen LogP contribution in [0.25, 0.3) is 28.2 Å². The van der Waals surface area contributed by atoms with E-state index in [0.717, 1.165) is 39.0 Å². The van der Waals surface area contributed by atoms with Crippen LogP contribution in [0.2, 0.25) is 0 Å². The molecule has 2 aromatic carbocycles. The number of benzene rings is 2. The van der Waals surface area contributed by atoms with E-state index in [1.54, 1.807) is 40.4 Å². The molecule has 0 atom stereocenters. The SMILES string of the molecule is COCOc1c(OC)cc(/C=C(\C)C(=O)O)c2c1c(C)c(-c1cccc(OC)c1)n2C. The summed E-state index contributed by atoms with van der Waals surface area (Å²) in [6.45, 7) is 3.63. The van der Waals surface area contributed by atoms with E-state index < -0.39 is 5.97 Å². The van der Waals surface area contributed by atoms with Crippen molar-refractivity contribution in [1.29, 1.82) is 0 Å². The molecular formula is C24H27NO6. The Labute approximate surface area is 181 Å². The maximum atomic E-state index is 11.5. The average molecular weight is 425 g/mol. The quantitative estimate of drug-likeness (QED) is 0.418. The number of hydrogen-bond acceptors (Lipinski definition) is 5. The number of fused-ring (bicyclic) bond motifs is 1. The van der Waals surface area contributed by atoms with Crippen LogP contribution in [0.1, 0.15) is 18.1 Å². The third-order valence-electron chi connectivity index (χ3n) is 5.24. The number of hydrogen-bond donors (Lipinski definition) is 1. The monoisotopic (exact) mass is 425 g/mol. The number of rotatable bonds is 8. The van der Waals surface area contributed by atoms with Crippen molar-refractivity contribution >= 4 is 22.9 Å². The van der Waals surface area contributed by atoms with Crippen LogP contribution in [0, 0.1) is 6.92 Å². The van der Waals surface area contributed by atoms with E-state index >= 15 is 0 Å². The second kappa shape index (κ2) is 9.14. The Balaban J connectivity index is 2.43. The first-order valence-corrected chi connectivity index (χ1v) is 9.71. The molecule has 0 aliphatic carbocycles. The Morgan fingerprint density at radius 1 is 1.16 bits per heavy atom. The molecule has 0 aliphatic rings. The van der Waals surface area contributed by atoms with Crippen molar-refractivity contribution in [2.75, 3.05) is 28.1 Å². The van der Waals surface area contributed by atoms with Gasteiger partial charge in [0.15, 0.2) is 18.3 Å². The zero-order chi connectivity index (χ0) is 22.7. The van der Waals surface area contributed by atoms with E-state index in [2.05, 4.69) is 0 Å². The molecule has 1 N–H and O–H groups in total. The van der Waals surface area contributed by atoms with Crippen molar-refractivity contribution < 1.29 is 28.8 Å². The standard InChI is InChI=1S/C24H27NO6/c1-14(24(26)27)10-17-12-19(30-6)23(31-13-28-4)20-15(2)21(25(3)22(17)20)16-8-7-9-18(11-16)29-5/h7-12H,13H2,1-6H3,(H,26,27)/b14-10+. The molecule has 0 spiro atoms. The normalized spacial score (nSPS) is 11.6. The highest BCUT2D eigenvalue weighted by Gasteiger charge is 2.23.